The Kier molecular flexibility index (Phi) is 5.94. The molecule has 0 bridgehead atoms. The number of amides is 1. The summed E-state index contributed by atoms with van der Waals surface area (Å²) < 4.78 is 10.7. The lowest BCUT2D eigenvalue weighted by Gasteiger charge is -2.47. The van der Waals surface area contributed by atoms with Crippen LogP contribution in [0, 0.1) is 11.3 Å². The third-order valence-electron chi connectivity index (χ3n) is 6.84. The summed E-state index contributed by atoms with van der Waals surface area (Å²) >= 11 is 0.938. The first-order chi connectivity index (χ1) is 13.2. The predicted octanol–water partition coefficient (Wildman–Crippen LogP) is 1.58. The Bertz CT molecular complexity index is 696. The minimum absolute atomic E-state index is 0.0746. The zero-order valence-electron chi connectivity index (χ0n) is 16.7. The molecule has 2 heterocycles. The summed E-state index contributed by atoms with van der Waals surface area (Å²) in [5, 5.41) is 13.9. The van der Waals surface area contributed by atoms with Gasteiger partial charge in [0.25, 0.3) is 0 Å². The van der Waals surface area contributed by atoms with Gasteiger partial charge in [-0.15, -0.1) is 0 Å². The van der Waals surface area contributed by atoms with E-state index in [0.29, 0.717) is 13.0 Å². The van der Waals surface area contributed by atoms with Gasteiger partial charge in [0.1, 0.15) is 5.60 Å². The number of hydrogen-bond donors (Lipinski definition) is 2. The SMILES string of the molecule is COC(=O)CCSC(=O)[C@]1([C@@H](O)[C@@H]2C=CCCC2)NC(=O)[C@]2(C)CCO[C@@]21C. The van der Waals surface area contributed by atoms with Crippen molar-refractivity contribution in [3.63, 3.8) is 0 Å². The Morgan fingerprint density at radius 1 is 1.46 bits per heavy atom. The number of rotatable bonds is 6. The number of aliphatic hydroxyl groups is 1. The monoisotopic (exact) mass is 411 g/mol. The third-order valence-corrected chi connectivity index (χ3v) is 7.83. The highest BCUT2D eigenvalue weighted by Crippen LogP contribution is 2.57. The largest absolute Gasteiger partial charge is 0.469 e. The molecular formula is C20H29NO6S. The van der Waals surface area contributed by atoms with Crippen LogP contribution >= 0.6 is 11.8 Å². The number of carbonyl (C=O) groups excluding carboxylic acids is 3. The molecule has 3 aliphatic rings. The van der Waals surface area contributed by atoms with Crippen molar-refractivity contribution in [1.82, 2.24) is 5.32 Å². The van der Waals surface area contributed by atoms with E-state index in [9.17, 15) is 19.5 Å². The van der Waals surface area contributed by atoms with Crippen LogP contribution in [0.15, 0.2) is 12.2 Å². The van der Waals surface area contributed by atoms with Crippen LogP contribution in [0.5, 0.6) is 0 Å². The van der Waals surface area contributed by atoms with E-state index >= 15 is 0 Å². The van der Waals surface area contributed by atoms with Gasteiger partial charge in [-0.1, -0.05) is 23.9 Å². The fraction of sp³-hybridized carbons (Fsp3) is 0.750. The molecule has 156 valence electrons. The summed E-state index contributed by atoms with van der Waals surface area (Å²) in [6.07, 6.45) is 5.99. The summed E-state index contributed by atoms with van der Waals surface area (Å²) in [6, 6.07) is 0. The molecule has 3 rings (SSSR count). The van der Waals surface area contributed by atoms with E-state index in [1.807, 2.05) is 12.2 Å². The predicted molar refractivity (Wildman–Crippen MR) is 105 cm³/mol. The summed E-state index contributed by atoms with van der Waals surface area (Å²) in [5.41, 5.74) is -3.63. The van der Waals surface area contributed by atoms with Gasteiger partial charge in [0.15, 0.2) is 5.54 Å². The second-order valence-corrected chi connectivity index (χ2v) is 9.22. The highest BCUT2D eigenvalue weighted by molar-refractivity contribution is 8.13. The van der Waals surface area contributed by atoms with Gasteiger partial charge in [0.2, 0.25) is 11.0 Å². The molecule has 0 aromatic rings. The van der Waals surface area contributed by atoms with Crippen molar-refractivity contribution in [3.05, 3.63) is 12.2 Å². The van der Waals surface area contributed by atoms with Gasteiger partial charge in [0.05, 0.1) is 25.0 Å². The Morgan fingerprint density at radius 2 is 2.21 bits per heavy atom. The lowest BCUT2D eigenvalue weighted by Crippen LogP contribution is -2.70. The number of carbonyl (C=O) groups is 3. The lowest BCUT2D eigenvalue weighted by atomic mass is 9.64. The average Bonchev–Trinajstić information content (AvgIpc) is 3.10. The van der Waals surface area contributed by atoms with Crippen LogP contribution in [0.2, 0.25) is 0 Å². The van der Waals surface area contributed by atoms with Gasteiger partial charge in [-0.2, -0.15) is 0 Å². The van der Waals surface area contributed by atoms with Gasteiger partial charge < -0.3 is 19.9 Å². The average molecular weight is 412 g/mol. The van der Waals surface area contributed by atoms with Crippen LogP contribution in [0.25, 0.3) is 0 Å². The molecule has 0 aromatic carbocycles. The molecule has 1 aliphatic carbocycles. The first-order valence-electron chi connectivity index (χ1n) is 9.78. The van der Waals surface area contributed by atoms with Crippen molar-refractivity contribution in [2.75, 3.05) is 19.5 Å². The van der Waals surface area contributed by atoms with E-state index in [1.165, 1.54) is 7.11 Å². The lowest BCUT2D eigenvalue weighted by molar-refractivity contribution is -0.149. The number of methoxy groups -OCH3 is 1. The molecular weight excluding hydrogens is 382 g/mol. The highest BCUT2D eigenvalue weighted by atomic mass is 32.2. The molecule has 0 aromatic heterocycles. The molecule has 0 unspecified atom stereocenters. The number of fused-ring (bicyclic) bond motifs is 1. The van der Waals surface area contributed by atoms with Gasteiger partial charge in [-0.25, -0.2) is 0 Å². The van der Waals surface area contributed by atoms with E-state index < -0.39 is 28.6 Å². The number of aliphatic hydroxyl groups excluding tert-OH is 1. The summed E-state index contributed by atoms with van der Waals surface area (Å²) in [4.78, 5) is 37.9. The molecule has 2 saturated heterocycles. The molecule has 28 heavy (non-hydrogen) atoms. The van der Waals surface area contributed by atoms with E-state index in [4.69, 9.17) is 4.74 Å². The number of thioether (sulfide) groups is 1. The van der Waals surface area contributed by atoms with E-state index in [-0.39, 0.29) is 29.1 Å². The quantitative estimate of drug-likeness (QED) is 0.505. The molecule has 2 aliphatic heterocycles. The number of nitrogens with one attached hydrogen (secondary N) is 1. The Balaban J connectivity index is 1.96. The van der Waals surface area contributed by atoms with E-state index in [2.05, 4.69) is 10.1 Å². The van der Waals surface area contributed by atoms with Crippen molar-refractivity contribution in [3.8, 4) is 0 Å². The third kappa shape index (κ3) is 3.00. The molecule has 8 heteroatoms. The fourth-order valence-electron chi connectivity index (χ4n) is 4.76. The van der Waals surface area contributed by atoms with Crippen molar-refractivity contribution in [2.45, 2.75) is 63.2 Å². The summed E-state index contributed by atoms with van der Waals surface area (Å²) in [5.74, 6) is -0.715. The maximum atomic E-state index is 13.5. The molecule has 2 N–H and O–H groups in total. The normalized spacial score (nSPS) is 38.0. The van der Waals surface area contributed by atoms with Gasteiger partial charge >= 0.3 is 5.97 Å². The molecule has 0 radical (unpaired) electrons. The molecule has 7 nitrogen and oxygen atoms in total. The van der Waals surface area contributed by atoms with Gasteiger partial charge in [-0.05, 0) is 39.5 Å². The van der Waals surface area contributed by atoms with Crippen molar-refractivity contribution >= 4 is 28.8 Å². The molecule has 5 atom stereocenters. The maximum absolute atomic E-state index is 13.5. The number of hydrogen-bond acceptors (Lipinski definition) is 7. The highest BCUT2D eigenvalue weighted by Gasteiger charge is 2.76. The van der Waals surface area contributed by atoms with Crippen LogP contribution in [0.3, 0.4) is 0 Å². The zero-order valence-corrected chi connectivity index (χ0v) is 17.5. The van der Waals surface area contributed by atoms with Crippen LogP contribution in [-0.4, -0.2) is 58.8 Å². The number of ether oxygens (including phenoxy) is 2. The van der Waals surface area contributed by atoms with Gasteiger partial charge in [0, 0.05) is 18.3 Å². The molecule has 0 spiro atoms. The van der Waals surface area contributed by atoms with Crippen LogP contribution < -0.4 is 5.32 Å². The van der Waals surface area contributed by atoms with Gasteiger partial charge in [-0.3, -0.25) is 14.4 Å². The second-order valence-electron chi connectivity index (χ2n) is 8.16. The molecule has 2 fully saturated rings. The summed E-state index contributed by atoms with van der Waals surface area (Å²) in [6.45, 7) is 3.91. The maximum Gasteiger partial charge on any atom is 0.306 e. The Morgan fingerprint density at radius 3 is 2.86 bits per heavy atom. The topological polar surface area (TPSA) is 102 Å². The minimum atomic E-state index is -1.57. The smallest absolute Gasteiger partial charge is 0.306 e. The van der Waals surface area contributed by atoms with Crippen LogP contribution in [0.4, 0.5) is 0 Å². The van der Waals surface area contributed by atoms with Crippen molar-refractivity contribution in [1.29, 1.82) is 0 Å². The minimum Gasteiger partial charge on any atom is -0.469 e. The Hall–Kier alpha value is -1.38. The van der Waals surface area contributed by atoms with E-state index in [1.54, 1.807) is 13.8 Å². The van der Waals surface area contributed by atoms with Crippen LogP contribution in [-0.2, 0) is 23.9 Å². The molecule has 0 saturated carbocycles. The Labute approximate surface area is 169 Å². The second kappa shape index (κ2) is 7.80. The molecule has 1 amide bonds. The van der Waals surface area contributed by atoms with Crippen molar-refractivity contribution in [2.24, 2.45) is 11.3 Å². The standard InChI is InChI=1S/C20H29NO6S/c1-18-10-11-27-19(18,2)20(21-16(18)24,15(23)13-7-5-4-6-8-13)17(25)28-12-9-14(22)26-3/h5,7,13,15,23H,4,6,8-12H2,1-3H3,(H,21,24)/t13-,15+,18+,19+,20+/m1/s1. The van der Waals surface area contributed by atoms with Crippen LogP contribution in [0.1, 0.15) is 46.0 Å². The number of esters is 1. The fourth-order valence-corrected chi connectivity index (χ4v) is 5.81. The summed E-state index contributed by atoms with van der Waals surface area (Å²) in [7, 11) is 1.30. The zero-order chi connectivity index (χ0) is 20.6. The number of allylic oxidation sites excluding steroid dienone is 1. The first kappa shape index (κ1) is 21.3. The van der Waals surface area contributed by atoms with E-state index in [0.717, 1.165) is 31.0 Å². The first-order valence-corrected chi connectivity index (χ1v) is 10.8. The van der Waals surface area contributed by atoms with Crippen molar-refractivity contribution < 1.29 is 29.0 Å².